The summed E-state index contributed by atoms with van der Waals surface area (Å²) in [5.74, 6) is 0. The van der Waals surface area contributed by atoms with Gasteiger partial charge in [-0.2, -0.15) is 5.26 Å². The van der Waals surface area contributed by atoms with Gasteiger partial charge in [0.15, 0.2) is 0 Å². The van der Waals surface area contributed by atoms with E-state index in [0.717, 1.165) is 22.3 Å². The quantitative estimate of drug-likeness (QED) is 0.850. The summed E-state index contributed by atoms with van der Waals surface area (Å²) in [6.45, 7) is 2.01. The summed E-state index contributed by atoms with van der Waals surface area (Å²) < 4.78 is 0. The molecule has 0 radical (unpaired) electrons. The van der Waals surface area contributed by atoms with E-state index in [1.54, 1.807) is 0 Å². The Labute approximate surface area is 101 Å². The van der Waals surface area contributed by atoms with Crippen LogP contribution in [0.5, 0.6) is 0 Å². The molecule has 2 rings (SSSR count). The summed E-state index contributed by atoms with van der Waals surface area (Å²) in [6.07, 6.45) is 0. The second-order valence-electron chi connectivity index (χ2n) is 3.96. The number of hydrogen-bond donors (Lipinski definition) is 1. The number of aliphatic hydroxyl groups is 1. The number of aryl methyl sites for hydroxylation is 1. The summed E-state index contributed by atoms with van der Waals surface area (Å²) in [6, 6.07) is 15.6. The van der Waals surface area contributed by atoms with E-state index in [-0.39, 0.29) is 6.61 Å². The van der Waals surface area contributed by atoms with Gasteiger partial charge in [0.1, 0.15) is 0 Å². The van der Waals surface area contributed by atoms with E-state index in [1.807, 2.05) is 49.4 Å². The van der Waals surface area contributed by atoms with Crippen LogP contribution in [0.2, 0.25) is 0 Å². The van der Waals surface area contributed by atoms with Gasteiger partial charge in [-0.1, -0.05) is 36.4 Å². The van der Waals surface area contributed by atoms with Crippen molar-refractivity contribution in [2.45, 2.75) is 13.5 Å². The van der Waals surface area contributed by atoms with Crippen LogP contribution in [0.15, 0.2) is 42.5 Å². The number of nitriles is 1. The van der Waals surface area contributed by atoms with Gasteiger partial charge in [0.2, 0.25) is 0 Å². The molecule has 0 heterocycles. The molecular weight excluding hydrogens is 210 g/mol. The normalized spacial score (nSPS) is 9.94. The maximum Gasteiger partial charge on any atom is 0.0998 e. The average molecular weight is 223 g/mol. The molecule has 0 bridgehead atoms. The Kier molecular flexibility index (Phi) is 3.22. The van der Waals surface area contributed by atoms with Crippen molar-refractivity contribution >= 4 is 0 Å². The summed E-state index contributed by atoms with van der Waals surface area (Å²) in [7, 11) is 0. The predicted octanol–water partition coefficient (Wildman–Crippen LogP) is 3.03. The first-order chi connectivity index (χ1) is 8.26. The van der Waals surface area contributed by atoms with E-state index in [9.17, 15) is 0 Å². The van der Waals surface area contributed by atoms with Crippen LogP contribution >= 0.6 is 0 Å². The van der Waals surface area contributed by atoms with Gasteiger partial charge in [0, 0.05) is 0 Å². The van der Waals surface area contributed by atoms with E-state index in [2.05, 4.69) is 6.07 Å². The van der Waals surface area contributed by atoms with Crippen LogP contribution in [-0.2, 0) is 6.61 Å². The minimum absolute atomic E-state index is 0.0476. The first-order valence-corrected chi connectivity index (χ1v) is 5.46. The van der Waals surface area contributed by atoms with E-state index in [4.69, 9.17) is 10.4 Å². The second kappa shape index (κ2) is 4.82. The lowest BCUT2D eigenvalue weighted by Crippen LogP contribution is -1.90. The first-order valence-electron chi connectivity index (χ1n) is 5.46. The molecular formula is C15H13NO. The first kappa shape index (κ1) is 11.4. The molecule has 0 unspecified atom stereocenters. The highest BCUT2D eigenvalue weighted by Gasteiger charge is 2.05. The van der Waals surface area contributed by atoms with Crippen molar-refractivity contribution in [2.75, 3.05) is 0 Å². The molecule has 0 amide bonds. The molecule has 0 atom stereocenters. The summed E-state index contributed by atoms with van der Waals surface area (Å²) in [5.41, 5.74) is 4.57. The molecule has 0 aromatic heterocycles. The predicted molar refractivity (Wildman–Crippen MR) is 67.3 cm³/mol. The molecule has 0 aliphatic heterocycles. The van der Waals surface area contributed by atoms with Crippen LogP contribution in [0.3, 0.4) is 0 Å². The number of nitrogens with zero attached hydrogens (tertiary/aromatic N) is 1. The van der Waals surface area contributed by atoms with E-state index in [1.165, 1.54) is 0 Å². The minimum atomic E-state index is 0.0476. The monoisotopic (exact) mass is 223 g/mol. The maximum atomic E-state index is 9.13. The van der Waals surface area contributed by atoms with Gasteiger partial charge in [0.05, 0.1) is 18.2 Å². The van der Waals surface area contributed by atoms with Crippen LogP contribution in [0.25, 0.3) is 11.1 Å². The number of aliphatic hydroxyl groups excluding tert-OH is 1. The Balaban J connectivity index is 2.54. The number of rotatable bonds is 2. The van der Waals surface area contributed by atoms with Gasteiger partial charge in [0.25, 0.3) is 0 Å². The molecule has 0 saturated heterocycles. The highest BCUT2D eigenvalue weighted by Crippen LogP contribution is 2.25. The lowest BCUT2D eigenvalue weighted by molar-refractivity contribution is 0.281. The topological polar surface area (TPSA) is 44.0 Å². The molecule has 0 aliphatic rings. The van der Waals surface area contributed by atoms with Gasteiger partial charge in [-0.05, 0) is 35.2 Å². The molecule has 0 saturated carbocycles. The highest BCUT2D eigenvalue weighted by molar-refractivity contribution is 5.71. The van der Waals surface area contributed by atoms with Crippen molar-refractivity contribution in [1.82, 2.24) is 0 Å². The zero-order valence-corrected chi connectivity index (χ0v) is 9.64. The van der Waals surface area contributed by atoms with Crippen LogP contribution in [0, 0.1) is 18.3 Å². The van der Waals surface area contributed by atoms with Crippen LogP contribution in [0.1, 0.15) is 16.7 Å². The summed E-state index contributed by atoms with van der Waals surface area (Å²) in [4.78, 5) is 0. The molecule has 0 spiro atoms. The third-order valence-electron chi connectivity index (χ3n) is 2.87. The second-order valence-corrected chi connectivity index (χ2v) is 3.96. The van der Waals surface area contributed by atoms with E-state index >= 15 is 0 Å². The third-order valence-corrected chi connectivity index (χ3v) is 2.87. The van der Waals surface area contributed by atoms with Crippen molar-refractivity contribution in [3.8, 4) is 17.2 Å². The van der Waals surface area contributed by atoms with Crippen LogP contribution in [-0.4, -0.2) is 5.11 Å². The SMILES string of the molecule is Cc1cc(-c2ccccc2C#N)ccc1CO. The lowest BCUT2D eigenvalue weighted by atomic mass is 9.97. The maximum absolute atomic E-state index is 9.13. The van der Waals surface area contributed by atoms with Crippen molar-refractivity contribution in [3.63, 3.8) is 0 Å². The fraction of sp³-hybridized carbons (Fsp3) is 0.133. The van der Waals surface area contributed by atoms with Gasteiger partial charge < -0.3 is 5.11 Å². The Hall–Kier alpha value is -2.11. The van der Waals surface area contributed by atoms with Gasteiger partial charge in [-0.25, -0.2) is 0 Å². The lowest BCUT2D eigenvalue weighted by Gasteiger charge is -2.08. The standard InChI is InChI=1S/C15H13NO/c1-11-8-12(6-7-14(11)10-17)15-5-3-2-4-13(15)9-16/h2-8,17H,10H2,1H3. The van der Waals surface area contributed by atoms with Gasteiger partial charge in [-0.15, -0.1) is 0 Å². The molecule has 0 aliphatic carbocycles. The minimum Gasteiger partial charge on any atom is -0.392 e. The summed E-state index contributed by atoms with van der Waals surface area (Å²) >= 11 is 0. The van der Waals surface area contributed by atoms with E-state index < -0.39 is 0 Å². The van der Waals surface area contributed by atoms with Crippen LogP contribution in [0.4, 0.5) is 0 Å². The zero-order chi connectivity index (χ0) is 12.3. The van der Waals surface area contributed by atoms with Crippen molar-refractivity contribution in [1.29, 1.82) is 5.26 Å². The molecule has 84 valence electrons. The molecule has 17 heavy (non-hydrogen) atoms. The van der Waals surface area contributed by atoms with Gasteiger partial charge in [-0.3, -0.25) is 0 Å². The van der Waals surface area contributed by atoms with Crippen molar-refractivity contribution in [3.05, 3.63) is 59.2 Å². The molecule has 0 fully saturated rings. The Morgan fingerprint density at radius 2 is 1.94 bits per heavy atom. The largest absolute Gasteiger partial charge is 0.392 e. The Morgan fingerprint density at radius 3 is 2.59 bits per heavy atom. The summed E-state index contributed by atoms with van der Waals surface area (Å²) in [5, 5.41) is 18.2. The fourth-order valence-corrected chi connectivity index (χ4v) is 1.87. The molecule has 2 aromatic rings. The van der Waals surface area contributed by atoms with Crippen molar-refractivity contribution in [2.24, 2.45) is 0 Å². The average Bonchev–Trinajstić information content (AvgIpc) is 2.38. The number of hydrogen-bond acceptors (Lipinski definition) is 2. The smallest absolute Gasteiger partial charge is 0.0998 e. The van der Waals surface area contributed by atoms with Gasteiger partial charge >= 0.3 is 0 Å². The zero-order valence-electron chi connectivity index (χ0n) is 9.64. The molecule has 1 N–H and O–H groups in total. The highest BCUT2D eigenvalue weighted by atomic mass is 16.3. The Bertz CT molecular complexity index is 582. The third kappa shape index (κ3) is 2.20. The molecule has 2 nitrogen and oxygen atoms in total. The fourth-order valence-electron chi connectivity index (χ4n) is 1.87. The van der Waals surface area contributed by atoms with E-state index in [0.29, 0.717) is 5.56 Å². The number of benzene rings is 2. The van der Waals surface area contributed by atoms with Crippen molar-refractivity contribution < 1.29 is 5.11 Å². The Morgan fingerprint density at radius 1 is 1.18 bits per heavy atom. The molecule has 2 heteroatoms. The molecule has 2 aromatic carbocycles. The van der Waals surface area contributed by atoms with Crippen LogP contribution < -0.4 is 0 Å².